The first-order valence-electron chi connectivity index (χ1n) is 5.58. The summed E-state index contributed by atoms with van der Waals surface area (Å²) >= 11 is 1.52. The third-order valence-corrected chi connectivity index (χ3v) is 3.17. The van der Waals surface area contributed by atoms with Crippen molar-refractivity contribution in [2.45, 2.75) is 24.9 Å². The van der Waals surface area contributed by atoms with Crippen LogP contribution in [0.4, 0.5) is 4.79 Å². The van der Waals surface area contributed by atoms with Gasteiger partial charge in [-0.15, -0.1) is 0 Å². The lowest BCUT2D eigenvalue weighted by Crippen LogP contribution is -2.49. The molecule has 7 nitrogen and oxygen atoms in total. The van der Waals surface area contributed by atoms with E-state index in [1.165, 1.54) is 11.8 Å². The topological polar surface area (TPSA) is 108 Å². The van der Waals surface area contributed by atoms with Gasteiger partial charge in [-0.1, -0.05) is 0 Å². The van der Waals surface area contributed by atoms with E-state index in [1.807, 2.05) is 6.26 Å². The summed E-state index contributed by atoms with van der Waals surface area (Å²) < 4.78 is 0. The number of carboxylic acid groups (broad SMARTS) is 1. The number of amides is 3. The maximum absolute atomic E-state index is 11.6. The summed E-state index contributed by atoms with van der Waals surface area (Å²) in [5.41, 5.74) is 0. The number of carbonyl (C=O) groups is 3. The average Bonchev–Trinajstić information content (AvgIpc) is 2.69. The van der Waals surface area contributed by atoms with Crippen molar-refractivity contribution in [3.8, 4) is 0 Å². The summed E-state index contributed by atoms with van der Waals surface area (Å²) in [6.45, 7) is 0.384. The number of urea groups is 1. The van der Waals surface area contributed by atoms with Crippen molar-refractivity contribution < 1.29 is 19.5 Å². The lowest BCUT2D eigenvalue weighted by atomic mass is 10.2. The summed E-state index contributed by atoms with van der Waals surface area (Å²) in [7, 11) is 0. The van der Waals surface area contributed by atoms with Gasteiger partial charge in [0.15, 0.2) is 0 Å². The summed E-state index contributed by atoms with van der Waals surface area (Å²) in [6, 6.07) is -1.72. The molecular weight excluding hydrogens is 258 g/mol. The molecule has 1 rings (SSSR count). The van der Waals surface area contributed by atoms with Crippen molar-refractivity contribution >= 4 is 29.7 Å². The van der Waals surface area contributed by atoms with Gasteiger partial charge in [-0.3, -0.25) is 4.79 Å². The van der Waals surface area contributed by atoms with Crippen molar-refractivity contribution in [2.24, 2.45) is 0 Å². The Labute approximate surface area is 109 Å². The Hall–Kier alpha value is -1.44. The van der Waals surface area contributed by atoms with Gasteiger partial charge in [-0.05, 0) is 18.4 Å². The predicted octanol–water partition coefficient (Wildman–Crippen LogP) is -0.620. The second-order valence-corrected chi connectivity index (χ2v) is 4.98. The van der Waals surface area contributed by atoms with Crippen LogP contribution in [0.3, 0.4) is 0 Å². The molecule has 102 valence electrons. The van der Waals surface area contributed by atoms with E-state index in [0.717, 1.165) is 0 Å². The fourth-order valence-corrected chi connectivity index (χ4v) is 2.06. The molecule has 0 spiro atoms. The highest BCUT2D eigenvalue weighted by Crippen LogP contribution is 2.02. The Morgan fingerprint density at radius 2 is 2.33 bits per heavy atom. The zero-order valence-electron chi connectivity index (χ0n) is 10.1. The van der Waals surface area contributed by atoms with Gasteiger partial charge in [0, 0.05) is 13.0 Å². The highest BCUT2D eigenvalue weighted by Gasteiger charge is 2.25. The van der Waals surface area contributed by atoms with E-state index in [0.29, 0.717) is 18.7 Å². The quantitative estimate of drug-likeness (QED) is 0.517. The molecule has 2 atom stereocenters. The van der Waals surface area contributed by atoms with Crippen molar-refractivity contribution in [1.29, 1.82) is 0 Å². The second kappa shape index (κ2) is 7.10. The van der Waals surface area contributed by atoms with Crippen LogP contribution in [0.25, 0.3) is 0 Å². The number of nitrogens with one attached hydrogen (secondary N) is 3. The number of rotatable bonds is 6. The van der Waals surface area contributed by atoms with E-state index in [9.17, 15) is 14.4 Å². The third-order valence-electron chi connectivity index (χ3n) is 2.53. The van der Waals surface area contributed by atoms with Crippen LogP contribution in [-0.4, -0.2) is 53.7 Å². The number of carboxylic acids is 1. The number of thioether (sulfide) groups is 1. The molecule has 0 radical (unpaired) electrons. The van der Waals surface area contributed by atoms with Gasteiger partial charge in [0.05, 0.1) is 6.04 Å². The molecule has 0 aromatic carbocycles. The molecule has 1 fully saturated rings. The van der Waals surface area contributed by atoms with Gasteiger partial charge in [0.1, 0.15) is 6.04 Å². The van der Waals surface area contributed by atoms with Crippen LogP contribution in [0.5, 0.6) is 0 Å². The lowest BCUT2D eigenvalue weighted by Gasteiger charge is -2.16. The molecule has 1 aliphatic heterocycles. The van der Waals surface area contributed by atoms with Crippen LogP contribution >= 0.6 is 11.8 Å². The molecule has 0 saturated carbocycles. The van der Waals surface area contributed by atoms with Crippen LogP contribution in [0.2, 0.25) is 0 Å². The molecule has 1 heterocycles. The first-order valence-corrected chi connectivity index (χ1v) is 6.97. The molecule has 3 amide bonds. The molecule has 1 aliphatic rings. The molecule has 4 N–H and O–H groups in total. The van der Waals surface area contributed by atoms with Crippen molar-refractivity contribution in [1.82, 2.24) is 16.0 Å². The van der Waals surface area contributed by atoms with E-state index in [2.05, 4.69) is 16.0 Å². The molecule has 0 aromatic heterocycles. The monoisotopic (exact) mass is 275 g/mol. The smallest absolute Gasteiger partial charge is 0.326 e. The maximum atomic E-state index is 11.6. The standard InChI is InChI=1S/C10H17N3O4S/c1-18-3-2-7(9(15)16)13-10(17)12-6-4-8(14)11-5-6/h6-7H,2-5H2,1H3,(H,11,14)(H,15,16)(H2,12,13,17)/t6?,7-/m1/s1. The minimum Gasteiger partial charge on any atom is -0.480 e. The molecule has 1 saturated heterocycles. The Morgan fingerprint density at radius 3 is 2.83 bits per heavy atom. The fourth-order valence-electron chi connectivity index (χ4n) is 1.59. The van der Waals surface area contributed by atoms with E-state index < -0.39 is 18.0 Å². The first kappa shape index (κ1) is 14.6. The Kier molecular flexibility index (Phi) is 5.76. The number of aliphatic carboxylic acids is 1. The maximum Gasteiger partial charge on any atom is 0.326 e. The van der Waals surface area contributed by atoms with Crippen molar-refractivity contribution in [3.05, 3.63) is 0 Å². The third kappa shape index (κ3) is 4.82. The zero-order valence-corrected chi connectivity index (χ0v) is 10.9. The highest BCUT2D eigenvalue weighted by atomic mass is 32.2. The van der Waals surface area contributed by atoms with Crippen LogP contribution in [0.1, 0.15) is 12.8 Å². The number of carbonyl (C=O) groups excluding carboxylic acids is 2. The minimum atomic E-state index is -1.06. The highest BCUT2D eigenvalue weighted by molar-refractivity contribution is 7.98. The van der Waals surface area contributed by atoms with E-state index in [1.54, 1.807) is 0 Å². The second-order valence-electron chi connectivity index (χ2n) is 4.00. The molecule has 0 aliphatic carbocycles. The van der Waals surface area contributed by atoms with E-state index >= 15 is 0 Å². The van der Waals surface area contributed by atoms with Crippen LogP contribution < -0.4 is 16.0 Å². The summed E-state index contributed by atoms with van der Waals surface area (Å²) in [5, 5.41) is 16.5. The van der Waals surface area contributed by atoms with Crippen LogP contribution in [-0.2, 0) is 9.59 Å². The normalized spacial score (nSPS) is 20.1. The molecule has 18 heavy (non-hydrogen) atoms. The summed E-state index contributed by atoms with van der Waals surface area (Å²) in [6.07, 6.45) is 2.47. The van der Waals surface area contributed by atoms with Gasteiger partial charge >= 0.3 is 12.0 Å². The molecule has 0 aromatic rings. The predicted molar refractivity (Wildman–Crippen MR) is 67.5 cm³/mol. The molecule has 1 unspecified atom stereocenters. The van der Waals surface area contributed by atoms with Gasteiger partial charge in [0.25, 0.3) is 0 Å². The van der Waals surface area contributed by atoms with Crippen molar-refractivity contribution in [3.63, 3.8) is 0 Å². The average molecular weight is 275 g/mol. The molecular formula is C10H17N3O4S. The van der Waals surface area contributed by atoms with E-state index in [-0.39, 0.29) is 18.4 Å². The lowest BCUT2D eigenvalue weighted by molar-refractivity contribution is -0.139. The van der Waals surface area contributed by atoms with E-state index in [4.69, 9.17) is 5.11 Å². The van der Waals surface area contributed by atoms with Crippen molar-refractivity contribution in [2.75, 3.05) is 18.6 Å². The fraction of sp³-hybridized carbons (Fsp3) is 0.700. The number of hydrogen-bond acceptors (Lipinski definition) is 4. The van der Waals surface area contributed by atoms with Gasteiger partial charge in [-0.25, -0.2) is 9.59 Å². The van der Waals surface area contributed by atoms with Crippen LogP contribution in [0, 0.1) is 0 Å². The Balaban J connectivity index is 2.36. The zero-order chi connectivity index (χ0) is 13.5. The van der Waals surface area contributed by atoms with Gasteiger partial charge < -0.3 is 21.1 Å². The Morgan fingerprint density at radius 1 is 1.61 bits per heavy atom. The minimum absolute atomic E-state index is 0.113. The largest absolute Gasteiger partial charge is 0.480 e. The summed E-state index contributed by atoms with van der Waals surface area (Å²) in [5.74, 6) is -0.516. The Bertz CT molecular complexity index is 337. The van der Waals surface area contributed by atoms with Crippen LogP contribution in [0.15, 0.2) is 0 Å². The SMILES string of the molecule is CSCC[C@@H](NC(=O)NC1CNC(=O)C1)C(=O)O. The van der Waals surface area contributed by atoms with Gasteiger partial charge in [0.2, 0.25) is 5.91 Å². The first-order chi connectivity index (χ1) is 8.52. The van der Waals surface area contributed by atoms with Gasteiger partial charge in [-0.2, -0.15) is 11.8 Å². The molecule has 8 heteroatoms. The number of hydrogen-bond donors (Lipinski definition) is 4. The molecule has 0 bridgehead atoms. The summed E-state index contributed by atoms with van der Waals surface area (Å²) in [4.78, 5) is 33.4.